The summed E-state index contributed by atoms with van der Waals surface area (Å²) in [4.78, 5) is 10.5. The van der Waals surface area contributed by atoms with Crippen LogP contribution in [0.5, 0.6) is 5.75 Å². The molecule has 1 aromatic heterocycles. The molecule has 0 bridgehead atoms. The van der Waals surface area contributed by atoms with E-state index in [4.69, 9.17) is 15.7 Å². The third-order valence-corrected chi connectivity index (χ3v) is 3.31. The van der Waals surface area contributed by atoms with Crippen LogP contribution < -0.4 is 15.3 Å². The molecule has 100 valence electrons. The maximum absolute atomic E-state index is 10.5. The zero-order chi connectivity index (χ0) is 13.8. The van der Waals surface area contributed by atoms with Crippen molar-refractivity contribution in [2.75, 3.05) is 18.7 Å². The number of nitrogens with two attached hydrogens (primary N) is 1. The number of hydrogen-bond acceptors (Lipinski definition) is 5. The number of carboxylic acid groups (broad SMARTS) is 1. The third-order valence-electron chi connectivity index (χ3n) is 2.37. The first kappa shape index (κ1) is 13.2. The van der Waals surface area contributed by atoms with Crippen LogP contribution in [0, 0.1) is 0 Å². The summed E-state index contributed by atoms with van der Waals surface area (Å²) in [6, 6.07) is 7.31. The van der Waals surface area contributed by atoms with Gasteiger partial charge in [-0.05, 0) is 30.0 Å². The van der Waals surface area contributed by atoms with Crippen molar-refractivity contribution in [1.29, 1.82) is 0 Å². The Morgan fingerprint density at radius 3 is 3.11 bits per heavy atom. The quantitative estimate of drug-likeness (QED) is 0.412. The summed E-state index contributed by atoms with van der Waals surface area (Å²) in [6.45, 7) is 0. The number of rotatable bonds is 5. The third kappa shape index (κ3) is 2.97. The fourth-order valence-electron chi connectivity index (χ4n) is 1.51. The SMILES string of the molecule is COc1cccc(-c2[nH]nc(SCC(=O)O)[n+]2N)c1. The average molecular weight is 281 g/mol. The molecule has 4 N–H and O–H groups in total. The number of nitrogens with one attached hydrogen (secondary N) is 1. The van der Waals surface area contributed by atoms with Gasteiger partial charge in [-0.2, -0.15) is 0 Å². The maximum atomic E-state index is 10.5. The summed E-state index contributed by atoms with van der Waals surface area (Å²) in [5.41, 5.74) is 0.802. The van der Waals surface area contributed by atoms with Crippen molar-refractivity contribution in [1.82, 2.24) is 10.2 Å². The van der Waals surface area contributed by atoms with Gasteiger partial charge in [0, 0.05) is 0 Å². The number of thioether (sulfide) groups is 1. The van der Waals surface area contributed by atoms with Crippen molar-refractivity contribution in [2.45, 2.75) is 5.16 Å². The molecule has 0 unspecified atom stereocenters. The molecule has 0 amide bonds. The number of ether oxygens (including phenoxy) is 1. The highest BCUT2D eigenvalue weighted by Crippen LogP contribution is 2.20. The maximum Gasteiger partial charge on any atom is 0.359 e. The molecule has 0 aliphatic rings. The number of H-pyrrole nitrogens is 1. The fraction of sp³-hybridized carbons (Fsp3) is 0.182. The number of aliphatic carboxylic acids is 1. The number of nitrogens with zero attached hydrogens (tertiary/aromatic N) is 2. The predicted octanol–water partition coefficient (Wildman–Crippen LogP) is 0.263. The minimum atomic E-state index is -0.920. The van der Waals surface area contributed by atoms with Crippen LogP contribution in [-0.2, 0) is 4.79 Å². The first-order valence-corrected chi connectivity index (χ1v) is 6.35. The second kappa shape index (κ2) is 5.61. The van der Waals surface area contributed by atoms with E-state index in [2.05, 4.69) is 10.2 Å². The molecule has 0 radical (unpaired) electrons. The fourth-order valence-corrected chi connectivity index (χ4v) is 2.10. The molecule has 0 aliphatic carbocycles. The first-order valence-electron chi connectivity index (χ1n) is 5.36. The molecular formula is C11H13N4O3S+. The molecule has 1 heterocycles. The monoisotopic (exact) mass is 281 g/mol. The van der Waals surface area contributed by atoms with Crippen molar-refractivity contribution in [3.05, 3.63) is 24.3 Å². The van der Waals surface area contributed by atoms with Gasteiger partial charge in [-0.3, -0.25) is 10.6 Å². The first-order chi connectivity index (χ1) is 9.11. The van der Waals surface area contributed by atoms with Crippen LogP contribution in [0.25, 0.3) is 11.4 Å². The highest BCUT2D eigenvalue weighted by molar-refractivity contribution is 7.99. The number of carbonyl (C=O) groups is 1. The number of benzene rings is 1. The van der Waals surface area contributed by atoms with E-state index in [1.807, 2.05) is 24.3 Å². The van der Waals surface area contributed by atoms with Gasteiger partial charge < -0.3 is 9.84 Å². The van der Waals surface area contributed by atoms with Crippen LogP contribution in [0.15, 0.2) is 29.4 Å². The van der Waals surface area contributed by atoms with Crippen LogP contribution in [-0.4, -0.2) is 34.1 Å². The van der Waals surface area contributed by atoms with E-state index in [0.29, 0.717) is 16.7 Å². The second-order valence-electron chi connectivity index (χ2n) is 3.64. The summed E-state index contributed by atoms with van der Waals surface area (Å²) in [5, 5.41) is 15.8. The molecule has 19 heavy (non-hydrogen) atoms. The number of aromatic amines is 1. The Balaban J connectivity index is 2.27. The van der Waals surface area contributed by atoms with E-state index in [-0.39, 0.29) is 5.75 Å². The van der Waals surface area contributed by atoms with E-state index in [1.165, 1.54) is 4.68 Å². The van der Waals surface area contributed by atoms with Gasteiger partial charge in [0.1, 0.15) is 11.5 Å². The summed E-state index contributed by atoms with van der Waals surface area (Å²) in [6.07, 6.45) is 0. The van der Waals surface area contributed by atoms with Crippen molar-refractivity contribution < 1.29 is 19.3 Å². The number of hydrogen-bond donors (Lipinski definition) is 3. The van der Waals surface area contributed by atoms with Crippen molar-refractivity contribution in [3.8, 4) is 17.1 Å². The summed E-state index contributed by atoms with van der Waals surface area (Å²) >= 11 is 1.05. The zero-order valence-electron chi connectivity index (χ0n) is 10.2. The zero-order valence-corrected chi connectivity index (χ0v) is 11.0. The number of methoxy groups -OCH3 is 1. The molecule has 0 saturated heterocycles. The predicted molar refractivity (Wildman–Crippen MR) is 69.3 cm³/mol. The highest BCUT2D eigenvalue weighted by atomic mass is 32.2. The Hall–Kier alpha value is -2.22. The van der Waals surface area contributed by atoms with Crippen molar-refractivity contribution in [3.63, 3.8) is 0 Å². The van der Waals surface area contributed by atoms with Crippen molar-refractivity contribution in [2.24, 2.45) is 0 Å². The topological polar surface area (TPSA) is 105 Å². The van der Waals surface area contributed by atoms with Crippen LogP contribution >= 0.6 is 11.8 Å². The number of aromatic nitrogens is 3. The lowest BCUT2D eigenvalue weighted by molar-refractivity contribution is -0.666. The molecule has 0 saturated carbocycles. The lowest BCUT2D eigenvalue weighted by Crippen LogP contribution is -2.47. The summed E-state index contributed by atoms with van der Waals surface area (Å²) in [7, 11) is 1.58. The lowest BCUT2D eigenvalue weighted by Gasteiger charge is -2.01. The second-order valence-corrected chi connectivity index (χ2v) is 4.58. The van der Waals surface area contributed by atoms with E-state index in [9.17, 15) is 4.79 Å². The Morgan fingerprint density at radius 2 is 2.42 bits per heavy atom. The summed E-state index contributed by atoms with van der Waals surface area (Å²) in [5.74, 6) is 6.14. The van der Waals surface area contributed by atoms with Gasteiger partial charge in [-0.15, -0.1) is 9.77 Å². The Kier molecular flexibility index (Phi) is 3.91. The van der Waals surface area contributed by atoms with Gasteiger partial charge in [0.15, 0.2) is 0 Å². The minimum absolute atomic E-state index is 0.0976. The molecule has 0 spiro atoms. The van der Waals surface area contributed by atoms with Gasteiger partial charge in [-0.25, -0.2) is 0 Å². The molecule has 8 heteroatoms. The molecule has 0 fully saturated rings. The van der Waals surface area contributed by atoms with Gasteiger partial charge in [0.2, 0.25) is 0 Å². The smallest absolute Gasteiger partial charge is 0.359 e. The Morgan fingerprint density at radius 1 is 1.63 bits per heavy atom. The standard InChI is InChI=1S/C11H12N4O3S/c1-18-8-4-2-3-7(5-8)10-13-14-11(15(10)12)19-6-9(16)17/h2-5H,6,12H2,1H3,(H,16,17)/p+1. The van der Waals surface area contributed by atoms with Gasteiger partial charge in [0.25, 0.3) is 5.82 Å². The molecule has 7 nitrogen and oxygen atoms in total. The molecule has 0 aliphatic heterocycles. The van der Waals surface area contributed by atoms with E-state index in [1.54, 1.807) is 7.11 Å². The average Bonchev–Trinajstić information content (AvgIpc) is 2.78. The Bertz CT molecular complexity index is 599. The number of carboxylic acids is 1. The summed E-state index contributed by atoms with van der Waals surface area (Å²) < 4.78 is 6.46. The van der Waals surface area contributed by atoms with Gasteiger partial charge >= 0.3 is 11.1 Å². The molecular weight excluding hydrogens is 268 g/mol. The van der Waals surface area contributed by atoms with E-state index in [0.717, 1.165) is 17.3 Å². The van der Waals surface area contributed by atoms with Crippen molar-refractivity contribution >= 4 is 17.7 Å². The van der Waals surface area contributed by atoms with Gasteiger partial charge in [-0.1, -0.05) is 6.07 Å². The molecule has 0 atom stereocenters. The van der Waals surface area contributed by atoms with Crippen LogP contribution in [0.3, 0.4) is 0 Å². The van der Waals surface area contributed by atoms with Gasteiger partial charge in [0.05, 0.1) is 17.8 Å². The van der Waals surface area contributed by atoms with Crippen LogP contribution in [0.4, 0.5) is 0 Å². The molecule has 2 aromatic rings. The molecule has 2 rings (SSSR count). The highest BCUT2D eigenvalue weighted by Gasteiger charge is 2.21. The van der Waals surface area contributed by atoms with Crippen LogP contribution in [0.1, 0.15) is 0 Å². The van der Waals surface area contributed by atoms with E-state index < -0.39 is 5.97 Å². The largest absolute Gasteiger partial charge is 0.497 e. The Labute approximate surface area is 113 Å². The van der Waals surface area contributed by atoms with E-state index >= 15 is 0 Å². The normalized spacial score (nSPS) is 10.4. The lowest BCUT2D eigenvalue weighted by atomic mass is 10.2. The molecule has 1 aromatic carbocycles. The minimum Gasteiger partial charge on any atom is -0.497 e. The van der Waals surface area contributed by atoms with Crippen LogP contribution in [0.2, 0.25) is 0 Å². The number of nitrogen functional groups attached to an aromatic ring is 1.